The summed E-state index contributed by atoms with van der Waals surface area (Å²) in [5.74, 6) is 0. The van der Waals surface area contributed by atoms with Crippen molar-refractivity contribution < 1.29 is 5.11 Å². The monoisotopic (exact) mass is 245 g/mol. The van der Waals surface area contributed by atoms with E-state index in [2.05, 4.69) is 11.1 Å². The van der Waals surface area contributed by atoms with Gasteiger partial charge in [-0.2, -0.15) is 0 Å². The van der Waals surface area contributed by atoms with E-state index in [1.54, 1.807) is 17.5 Å². The number of nitrogens with zero attached hydrogens (tertiary/aromatic N) is 1. The van der Waals surface area contributed by atoms with Gasteiger partial charge >= 0.3 is 0 Å². The molecule has 0 saturated heterocycles. The summed E-state index contributed by atoms with van der Waals surface area (Å²) in [5, 5.41) is 10.2. The average Bonchev–Trinajstić information content (AvgIpc) is 2.90. The lowest BCUT2D eigenvalue weighted by molar-refractivity contribution is 0.182. The Morgan fingerprint density at radius 3 is 3.12 bits per heavy atom. The summed E-state index contributed by atoms with van der Waals surface area (Å²) in [6.07, 6.45) is 7.52. The van der Waals surface area contributed by atoms with Crippen LogP contribution in [0.25, 0.3) is 0 Å². The van der Waals surface area contributed by atoms with E-state index in [1.165, 1.54) is 29.7 Å². The highest BCUT2D eigenvalue weighted by atomic mass is 32.1. The summed E-state index contributed by atoms with van der Waals surface area (Å²) >= 11 is 1.78. The number of pyridine rings is 1. The normalized spacial score (nSPS) is 15.8. The van der Waals surface area contributed by atoms with E-state index in [4.69, 9.17) is 0 Å². The first kappa shape index (κ1) is 10.9. The van der Waals surface area contributed by atoms with Crippen LogP contribution in [-0.2, 0) is 19.3 Å². The minimum absolute atomic E-state index is 0.380. The fourth-order valence-electron chi connectivity index (χ4n) is 2.36. The smallest absolute Gasteiger partial charge is 0.0922 e. The SMILES string of the molecule is OC(Cc1cccnc1)c1cc2c(s1)CCC2. The lowest BCUT2D eigenvalue weighted by Crippen LogP contribution is -1.99. The van der Waals surface area contributed by atoms with Crippen LogP contribution in [0.5, 0.6) is 0 Å². The van der Waals surface area contributed by atoms with Crippen molar-refractivity contribution in [3.8, 4) is 0 Å². The predicted molar refractivity (Wildman–Crippen MR) is 69.2 cm³/mol. The lowest BCUT2D eigenvalue weighted by Gasteiger charge is -2.08. The Kier molecular flexibility index (Phi) is 2.95. The number of aliphatic hydroxyl groups is 1. The van der Waals surface area contributed by atoms with E-state index < -0.39 is 0 Å². The number of rotatable bonds is 3. The molecule has 0 fully saturated rings. The van der Waals surface area contributed by atoms with Crippen molar-refractivity contribution in [2.75, 3.05) is 0 Å². The standard InChI is InChI=1S/C14H15NOS/c16-12(7-10-3-2-6-15-9-10)14-8-11-4-1-5-13(11)17-14/h2-3,6,8-9,12,16H,1,4-5,7H2. The largest absolute Gasteiger partial charge is 0.387 e. The first-order chi connectivity index (χ1) is 8.33. The van der Waals surface area contributed by atoms with Gasteiger partial charge in [-0.25, -0.2) is 0 Å². The molecule has 2 nitrogen and oxygen atoms in total. The van der Waals surface area contributed by atoms with Gasteiger partial charge in [-0.1, -0.05) is 6.07 Å². The summed E-state index contributed by atoms with van der Waals surface area (Å²) in [4.78, 5) is 6.66. The van der Waals surface area contributed by atoms with Crippen LogP contribution in [0.2, 0.25) is 0 Å². The Morgan fingerprint density at radius 2 is 2.35 bits per heavy atom. The molecule has 0 saturated carbocycles. The van der Waals surface area contributed by atoms with Gasteiger partial charge in [-0.15, -0.1) is 11.3 Å². The van der Waals surface area contributed by atoms with Crippen molar-refractivity contribution in [2.24, 2.45) is 0 Å². The minimum Gasteiger partial charge on any atom is -0.387 e. The third-order valence-corrected chi connectivity index (χ3v) is 4.58. The van der Waals surface area contributed by atoms with E-state index in [1.807, 2.05) is 18.3 Å². The molecule has 0 spiro atoms. The zero-order valence-corrected chi connectivity index (χ0v) is 10.4. The maximum Gasteiger partial charge on any atom is 0.0922 e. The molecular formula is C14H15NOS. The third-order valence-electron chi connectivity index (χ3n) is 3.25. The second kappa shape index (κ2) is 4.59. The highest BCUT2D eigenvalue weighted by molar-refractivity contribution is 7.12. The number of fused-ring (bicyclic) bond motifs is 1. The minimum atomic E-state index is -0.380. The summed E-state index contributed by atoms with van der Waals surface area (Å²) in [7, 11) is 0. The molecule has 2 aromatic rings. The number of thiophene rings is 1. The van der Waals surface area contributed by atoms with E-state index >= 15 is 0 Å². The van der Waals surface area contributed by atoms with Gasteiger partial charge in [-0.3, -0.25) is 4.98 Å². The molecule has 1 unspecified atom stereocenters. The van der Waals surface area contributed by atoms with E-state index in [9.17, 15) is 5.11 Å². The van der Waals surface area contributed by atoms with Crippen molar-refractivity contribution in [1.29, 1.82) is 0 Å². The number of aromatic nitrogens is 1. The van der Waals surface area contributed by atoms with Crippen molar-refractivity contribution in [3.63, 3.8) is 0 Å². The molecule has 2 heterocycles. The molecule has 1 aliphatic carbocycles. The first-order valence-corrected chi connectivity index (χ1v) is 6.83. The second-order valence-electron chi connectivity index (χ2n) is 4.53. The molecule has 1 aliphatic rings. The third kappa shape index (κ3) is 2.26. The van der Waals surface area contributed by atoms with Crippen LogP contribution < -0.4 is 0 Å². The molecule has 1 atom stereocenters. The summed E-state index contributed by atoms with van der Waals surface area (Å²) in [5.41, 5.74) is 2.55. The zero-order chi connectivity index (χ0) is 11.7. The average molecular weight is 245 g/mol. The van der Waals surface area contributed by atoms with Crippen LogP contribution in [0.4, 0.5) is 0 Å². The molecule has 3 rings (SSSR count). The number of aliphatic hydroxyl groups excluding tert-OH is 1. The van der Waals surface area contributed by atoms with E-state index in [0.717, 1.165) is 10.4 Å². The van der Waals surface area contributed by atoms with Crippen molar-refractivity contribution in [1.82, 2.24) is 4.98 Å². The summed E-state index contributed by atoms with van der Waals surface area (Å²) < 4.78 is 0. The molecule has 0 amide bonds. The van der Waals surface area contributed by atoms with Crippen molar-refractivity contribution in [3.05, 3.63) is 51.5 Å². The van der Waals surface area contributed by atoms with Gasteiger partial charge in [0.1, 0.15) is 0 Å². The van der Waals surface area contributed by atoms with Gasteiger partial charge in [0.25, 0.3) is 0 Å². The van der Waals surface area contributed by atoms with Crippen LogP contribution in [0.15, 0.2) is 30.6 Å². The Labute approximate surface area is 105 Å². The predicted octanol–water partition coefficient (Wildman–Crippen LogP) is 2.91. The Morgan fingerprint density at radius 1 is 1.41 bits per heavy atom. The van der Waals surface area contributed by atoms with E-state index in [-0.39, 0.29) is 6.10 Å². The quantitative estimate of drug-likeness (QED) is 0.902. The summed E-state index contributed by atoms with van der Waals surface area (Å²) in [6.45, 7) is 0. The highest BCUT2D eigenvalue weighted by Crippen LogP contribution is 2.34. The molecule has 0 aliphatic heterocycles. The van der Waals surface area contributed by atoms with Crippen LogP contribution >= 0.6 is 11.3 Å². The fraction of sp³-hybridized carbons (Fsp3) is 0.357. The molecule has 88 valence electrons. The lowest BCUT2D eigenvalue weighted by atomic mass is 10.1. The molecule has 1 N–H and O–H groups in total. The number of hydrogen-bond acceptors (Lipinski definition) is 3. The van der Waals surface area contributed by atoms with E-state index in [0.29, 0.717) is 6.42 Å². The highest BCUT2D eigenvalue weighted by Gasteiger charge is 2.18. The molecule has 0 radical (unpaired) electrons. The molecule has 0 bridgehead atoms. The van der Waals surface area contributed by atoms with Crippen LogP contribution in [0, 0.1) is 0 Å². The Bertz CT molecular complexity index is 485. The number of aryl methyl sites for hydroxylation is 2. The van der Waals surface area contributed by atoms with Gasteiger partial charge in [0.2, 0.25) is 0 Å². The first-order valence-electron chi connectivity index (χ1n) is 6.01. The molecule has 0 aromatic carbocycles. The van der Waals surface area contributed by atoms with Gasteiger partial charge in [0.05, 0.1) is 6.10 Å². The Hall–Kier alpha value is -1.19. The van der Waals surface area contributed by atoms with Crippen molar-refractivity contribution >= 4 is 11.3 Å². The second-order valence-corrected chi connectivity index (χ2v) is 5.70. The molecular weight excluding hydrogens is 230 g/mol. The van der Waals surface area contributed by atoms with Gasteiger partial charge in [0, 0.05) is 28.6 Å². The topological polar surface area (TPSA) is 33.1 Å². The van der Waals surface area contributed by atoms with Gasteiger partial charge < -0.3 is 5.11 Å². The molecule has 3 heteroatoms. The van der Waals surface area contributed by atoms with Crippen LogP contribution in [0.3, 0.4) is 0 Å². The fourth-order valence-corrected chi connectivity index (χ4v) is 3.60. The summed E-state index contributed by atoms with van der Waals surface area (Å²) in [6, 6.07) is 6.11. The maximum absolute atomic E-state index is 10.2. The molecule has 17 heavy (non-hydrogen) atoms. The number of hydrogen-bond donors (Lipinski definition) is 1. The van der Waals surface area contributed by atoms with Crippen LogP contribution in [-0.4, -0.2) is 10.1 Å². The van der Waals surface area contributed by atoms with Crippen LogP contribution in [0.1, 0.15) is 33.4 Å². The molecule has 2 aromatic heterocycles. The van der Waals surface area contributed by atoms with Gasteiger partial charge in [-0.05, 0) is 42.5 Å². The van der Waals surface area contributed by atoms with Crippen molar-refractivity contribution in [2.45, 2.75) is 31.8 Å². The maximum atomic E-state index is 10.2. The van der Waals surface area contributed by atoms with Gasteiger partial charge in [0.15, 0.2) is 0 Å². The Balaban J connectivity index is 1.75. The zero-order valence-electron chi connectivity index (χ0n) is 9.60.